The molecule has 0 aliphatic carbocycles. The molecule has 0 bridgehead atoms. The molecule has 1 atom stereocenters. The van der Waals surface area contributed by atoms with Crippen molar-refractivity contribution >= 4 is 11.8 Å². The number of likely N-dealkylation sites (tertiary alicyclic amines) is 1. The Labute approximate surface area is 148 Å². The Bertz CT molecular complexity index is 567. The van der Waals surface area contributed by atoms with Gasteiger partial charge in [-0.25, -0.2) is 0 Å². The number of carbonyl (C=O) groups excluding carboxylic acids is 2. The molecular weight excluding hydrogens is 320 g/mol. The third-order valence-corrected chi connectivity index (χ3v) is 5.15. The fourth-order valence-corrected chi connectivity index (χ4v) is 3.50. The molecule has 1 aromatic rings. The summed E-state index contributed by atoms with van der Waals surface area (Å²) in [7, 11) is 0. The zero-order valence-corrected chi connectivity index (χ0v) is 14.9. The predicted molar refractivity (Wildman–Crippen MR) is 93.8 cm³/mol. The van der Waals surface area contributed by atoms with E-state index < -0.39 is 0 Å². The van der Waals surface area contributed by atoms with Gasteiger partial charge in [0.2, 0.25) is 11.8 Å². The summed E-state index contributed by atoms with van der Waals surface area (Å²) in [6.07, 6.45) is 1.89. The highest BCUT2D eigenvalue weighted by molar-refractivity contribution is 5.89. The predicted octanol–water partition coefficient (Wildman–Crippen LogP) is 0.382. The molecular formula is C18H28N4O3. The van der Waals surface area contributed by atoms with Crippen molar-refractivity contribution in [1.29, 1.82) is 0 Å². The standard InChI is InChI=1S/C18H28N4O3/c1-2-20-7-9-21(10-8-20)6-5-19-18(24)15-12-17(23)22(13-15)14-16-4-3-11-25-16/h3-4,11,15H,2,5-10,12-14H2,1H3,(H,19,24). The summed E-state index contributed by atoms with van der Waals surface area (Å²) in [5.74, 6) is 0.509. The van der Waals surface area contributed by atoms with Crippen LogP contribution in [0.2, 0.25) is 0 Å². The molecule has 1 unspecified atom stereocenters. The van der Waals surface area contributed by atoms with Crippen LogP contribution in [-0.2, 0) is 16.1 Å². The number of furan rings is 1. The van der Waals surface area contributed by atoms with Crippen molar-refractivity contribution in [1.82, 2.24) is 20.0 Å². The Hall–Kier alpha value is -1.86. The quantitative estimate of drug-likeness (QED) is 0.772. The Balaban J connectivity index is 1.36. The van der Waals surface area contributed by atoms with Gasteiger partial charge in [0.25, 0.3) is 0 Å². The van der Waals surface area contributed by atoms with Crippen LogP contribution in [0.3, 0.4) is 0 Å². The summed E-state index contributed by atoms with van der Waals surface area (Å²) in [4.78, 5) is 30.9. The second-order valence-corrected chi connectivity index (χ2v) is 6.82. The third-order valence-electron chi connectivity index (χ3n) is 5.15. The summed E-state index contributed by atoms with van der Waals surface area (Å²) < 4.78 is 5.28. The van der Waals surface area contributed by atoms with E-state index >= 15 is 0 Å². The molecule has 2 aliphatic rings. The van der Waals surface area contributed by atoms with Gasteiger partial charge >= 0.3 is 0 Å². The minimum Gasteiger partial charge on any atom is -0.467 e. The lowest BCUT2D eigenvalue weighted by Crippen LogP contribution is -2.48. The lowest BCUT2D eigenvalue weighted by atomic mass is 10.1. The van der Waals surface area contributed by atoms with Crippen molar-refractivity contribution in [2.24, 2.45) is 5.92 Å². The van der Waals surface area contributed by atoms with Gasteiger partial charge < -0.3 is 19.5 Å². The first-order valence-corrected chi connectivity index (χ1v) is 9.18. The van der Waals surface area contributed by atoms with Crippen LogP contribution in [0, 0.1) is 5.92 Å². The van der Waals surface area contributed by atoms with Crippen molar-refractivity contribution in [3.05, 3.63) is 24.2 Å². The fraction of sp³-hybridized carbons (Fsp3) is 0.667. The van der Waals surface area contributed by atoms with Crippen LogP contribution >= 0.6 is 0 Å². The summed E-state index contributed by atoms with van der Waals surface area (Å²) in [6, 6.07) is 3.65. The maximum Gasteiger partial charge on any atom is 0.225 e. The van der Waals surface area contributed by atoms with E-state index in [0.717, 1.165) is 45.0 Å². The van der Waals surface area contributed by atoms with Gasteiger partial charge in [0, 0.05) is 52.2 Å². The number of hydrogen-bond acceptors (Lipinski definition) is 5. The molecule has 3 heterocycles. The third kappa shape index (κ3) is 4.83. The summed E-state index contributed by atoms with van der Waals surface area (Å²) >= 11 is 0. The Morgan fingerprint density at radius 2 is 2.04 bits per heavy atom. The number of nitrogens with one attached hydrogen (secondary N) is 1. The van der Waals surface area contributed by atoms with Gasteiger partial charge in [-0.05, 0) is 18.7 Å². The molecule has 0 radical (unpaired) electrons. The average molecular weight is 348 g/mol. The molecule has 2 aliphatic heterocycles. The van der Waals surface area contributed by atoms with Crippen LogP contribution in [0.25, 0.3) is 0 Å². The minimum atomic E-state index is -0.251. The van der Waals surface area contributed by atoms with Crippen molar-refractivity contribution in [3.63, 3.8) is 0 Å². The highest BCUT2D eigenvalue weighted by Gasteiger charge is 2.34. The van der Waals surface area contributed by atoms with Crippen LogP contribution in [0.15, 0.2) is 22.8 Å². The minimum absolute atomic E-state index is 0.0116. The van der Waals surface area contributed by atoms with E-state index in [9.17, 15) is 9.59 Å². The molecule has 3 rings (SSSR count). The topological polar surface area (TPSA) is 69.0 Å². The molecule has 7 heteroatoms. The zero-order valence-electron chi connectivity index (χ0n) is 14.9. The lowest BCUT2D eigenvalue weighted by Gasteiger charge is -2.34. The van der Waals surface area contributed by atoms with Crippen LogP contribution < -0.4 is 5.32 Å². The van der Waals surface area contributed by atoms with E-state index in [-0.39, 0.29) is 17.7 Å². The number of hydrogen-bond donors (Lipinski definition) is 1. The molecule has 0 spiro atoms. The number of nitrogens with zero attached hydrogens (tertiary/aromatic N) is 3. The molecule has 2 amide bonds. The van der Waals surface area contributed by atoms with E-state index in [0.29, 0.717) is 26.1 Å². The summed E-state index contributed by atoms with van der Waals surface area (Å²) in [5, 5.41) is 3.00. The van der Waals surface area contributed by atoms with E-state index in [1.54, 1.807) is 17.2 Å². The Kier molecular flexibility index (Phi) is 6.09. The number of carbonyl (C=O) groups is 2. The maximum absolute atomic E-state index is 12.3. The molecule has 25 heavy (non-hydrogen) atoms. The lowest BCUT2D eigenvalue weighted by molar-refractivity contribution is -0.129. The molecule has 7 nitrogen and oxygen atoms in total. The van der Waals surface area contributed by atoms with E-state index in [1.165, 1.54) is 0 Å². The number of rotatable bonds is 7. The first-order valence-electron chi connectivity index (χ1n) is 9.18. The molecule has 1 N–H and O–H groups in total. The normalized spacial score (nSPS) is 22.5. The van der Waals surface area contributed by atoms with Gasteiger partial charge in [0.15, 0.2) is 0 Å². The first kappa shape index (κ1) is 17.9. The largest absolute Gasteiger partial charge is 0.467 e. The molecule has 2 saturated heterocycles. The van der Waals surface area contributed by atoms with Gasteiger partial charge in [-0.3, -0.25) is 14.5 Å². The van der Waals surface area contributed by atoms with Gasteiger partial charge in [0.05, 0.1) is 18.7 Å². The van der Waals surface area contributed by atoms with Crippen LogP contribution in [0.4, 0.5) is 0 Å². The van der Waals surface area contributed by atoms with E-state index in [2.05, 4.69) is 22.0 Å². The maximum atomic E-state index is 12.3. The summed E-state index contributed by atoms with van der Waals surface area (Å²) in [6.45, 7) is 10.0. The molecule has 2 fully saturated rings. The molecule has 138 valence electrons. The molecule has 1 aromatic heterocycles. The zero-order chi connectivity index (χ0) is 17.6. The monoisotopic (exact) mass is 348 g/mol. The number of amides is 2. The van der Waals surface area contributed by atoms with Crippen LogP contribution in [0.5, 0.6) is 0 Å². The highest BCUT2D eigenvalue weighted by atomic mass is 16.3. The van der Waals surface area contributed by atoms with Crippen molar-refractivity contribution in [2.45, 2.75) is 19.9 Å². The second-order valence-electron chi connectivity index (χ2n) is 6.82. The van der Waals surface area contributed by atoms with Gasteiger partial charge in [-0.1, -0.05) is 6.92 Å². The Morgan fingerprint density at radius 1 is 1.28 bits per heavy atom. The fourth-order valence-electron chi connectivity index (χ4n) is 3.50. The van der Waals surface area contributed by atoms with Gasteiger partial charge in [-0.2, -0.15) is 0 Å². The highest BCUT2D eigenvalue weighted by Crippen LogP contribution is 2.20. The van der Waals surface area contributed by atoms with Crippen molar-refractivity contribution < 1.29 is 14.0 Å². The first-order chi connectivity index (χ1) is 12.2. The molecule has 0 saturated carbocycles. The molecule has 0 aromatic carbocycles. The van der Waals surface area contributed by atoms with Crippen molar-refractivity contribution in [3.8, 4) is 0 Å². The second kappa shape index (κ2) is 8.49. The average Bonchev–Trinajstić information content (AvgIpc) is 3.26. The van der Waals surface area contributed by atoms with E-state index in [1.807, 2.05) is 6.07 Å². The van der Waals surface area contributed by atoms with Crippen molar-refractivity contribution in [2.75, 3.05) is 52.4 Å². The number of likely N-dealkylation sites (N-methyl/N-ethyl adjacent to an activating group) is 1. The Morgan fingerprint density at radius 3 is 2.72 bits per heavy atom. The SMILES string of the molecule is CCN1CCN(CCNC(=O)C2CC(=O)N(Cc3ccco3)C2)CC1. The van der Waals surface area contributed by atoms with Crippen LogP contribution in [0.1, 0.15) is 19.1 Å². The van der Waals surface area contributed by atoms with E-state index in [4.69, 9.17) is 4.42 Å². The summed E-state index contributed by atoms with van der Waals surface area (Å²) in [5.41, 5.74) is 0. The smallest absolute Gasteiger partial charge is 0.225 e. The van der Waals surface area contributed by atoms with Gasteiger partial charge in [-0.15, -0.1) is 0 Å². The number of piperazine rings is 1. The van der Waals surface area contributed by atoms with Crippen LogP contribution in [-0.4, -0.2) is 78.9 Å². The van der Waals surface area contributed by atoms with Gasteiger partial charge in [0.1, 0.15) is 5.76 Å².